The first-order chi connectivity index (χ1) is 7.74. The van der Waals surface area contributed by atoms with Crippen LogP contribution in [0.3, 0.4) is 0 Å². The zero-order valence-electron chi connectivity index (χ0n) is 8.84. The molecule has 90 valence electrons. The number of hydrogen-bond donors (Lipinski definition) is 1. The van der Waals surface area contributed by atoms with Crippen molar-refractivity contribution in [2.24, 2.45) is 0 Å². The van der Waals surface area contributed by atoms with Gasteiger partial charge in [-0.2, -0.15) is 4.98 Å². The SMILES string of the molecule is COCCOCCOc1nc(C(=O)O)co1. The van der Waals surface area contributed by atoms with Gasteiger partial charge in [0, 0.05) is 7.11 Å². The van der Waals surface area contributed by atoms with E-state index in [0.717, 1.165) is 6.26 Å². The maximum absolute atomic E-state index is 10.4. The lowest BCUT2D eigenvalue weighted by Gasteiger charge is -2.02. The van der Waals surface area contributed by atoms with Gasteiger partial charge < -0.3 is 23.7 Å². The van der Waals surface area contributed by atoms with Gasteiger partial charge in [0.2, 0.25) is 0 Å². The van der Waals surface area contributed by atoms with Crippen molar-refractivity contribution in [2.45, 2.75) is 0 Å². The summed E-state index contributed by atoms with van der Waals surface area (Å²) in [5, 5.41) is 8.55. The van der Waals surface area contributed by atoms with Crippen LogP contribution in [0.15, 0.2) is 10.7 Å². The average Bonchev–Trinajstić information content (AvgIpc) is 2.72. The predicted octanol–water partition coefficient (Wildman–Crippen LogP) is 0.415. The standard InChI is InChI=1S/C9H13NO6/c1-13-2-3-14-4-5-15-9-10-7(6-16-9)8(11)12/h6H,2-5H2,1H3,(H,11,12). The van der Waals surface area contributed by atoms with Gasteiger partial charge in [0.05, 0.1) is 19.8 Å². The second-order valence-electron chi connectivity index (χ2n) is 2.76. The molecule has 7 nitrogen and oxygen atoms in total. The molecule has 0 aliphatic rings. The minimum Gasteiger partial charge on any atom is -0.476 e. The first kappa shape index (κ1) is 12.5. The minimum absolute atomic E-state index is 0.0762. The van der Waals surface area contributed by atoms with Crippen LogP contribution in [0, 0.1) is 0 Å². The van der Waals surface area contributed by atoms with E-state index in [2.05, 4.69) is 4.98 Å². The van der Waals surface area contributed by atoms with Crippen molar-refractivity contribution >= 4 is 5.97 Å². The maximum Gasteiger partial charge on any atom is 0.394 e. The molecule has 1 N–H and O–H groups in total. The summed E-state index contributed by atoms with van der Waals surface area (Å²) < 4.78 is 19.7. The Morgan fingerprint density at radius 3 is 2.81 bits per heavy atom. The molecule has 0 amide bonds. The highest BCUT2D eigenvalue weighted by molar-refractivity contribution is 5.84. The number of carbonyl (C=O) groups is 1. The van der Waals surface area contributed by atoms with Crippen molar-refractivity contribution < 1.29 is 28.5 Å². The summed E-state index contributed by atoms with van der Waals surface area (Å²) in [6.45, 7) is 1.59. The van der Waals surface area contributed by atoms with Crippen LogP contribution >= 0.6 is 0 Å². The number of ether oxygens (including phenoxy) is 3. The Labute approximate surface area is 91.9 Å². The fourth-order valence-electron chi connectivity index (χ4n) is 0.854. The monoisotopic (exact) mass is 231 g/mol. The number of rotatable bonds is 8. The molecule has 1 aromatic heterocycles. The van der Waals surface area contributed by atoms with Gasteiger partial charge in [-0.25, -0.2) is 4.79 Å². The van der Waals surface area contributed by atoms with Gasteiger partial charge in [0.15, 0.2) is 5.69 Å². The molecule has 0 saturated carbocycles. The Hall–Kier alpha value is -1.60. The largest absolute Gasteiger partial charge is 0.476 e. The minimum atomic E-state index is -1.16. The molecule has 1 heterocycles. The molecule has 0 unspecified atom stereocenters. The Bertz CT molecular complexity index is 324. The Balaban J connectivity index is 2.14. The van der Waals surface area contributed by atoms with E-state index in [1.165, 1.54) is 0 Å². The van der Waals surface area contributed by atoms with Crippen molar-refractivity contribution in [3.05, 3.63) is 12.0 Å². The first-order valence-electron chi connectivity index (χ1n) is 4.62. The van der Waals surface area contributed by atoms with Crippen LogP contribution in [-0.2, 0) is 9.47 Å². The van der Waals surface area contributed by atoms with Gasteiger partial charge in [0.1, 0.15) is 12.9 Å². The topological polar surface area (TPSA) is 91.0 Å². The zero-order chi connectivity index (χ0) is 11.8. The highest BCUT2D eigenvalue weighted by Crippen LogP contribution is 2.09. The number of carboxylic acids is 1. The number of aromatic carboxylic acids is 1. The van der Waals surface area contributed by atoms with Gasteiger partial charge in [-0.1, -0.05) is 0 Å². The van der Waals surface area contributed by atoms with Gasteiger partial charge in [-0.3, -0.25) is 0 Å². The van der Waals surface area contributed by atoms with Gasteiger partial charge in [-0.05, 0) is 0 Å². The van der Waals surface area contributed by atoms with Crippen LogP contribution in [-0.4, -0.2) is 49.6 Å². The van der Waals surface area contributed by atoms with E-state index in [1.54, 1.807) is 7.11 Å². The lowest BCUT2D eigenvalue weighted by atomic mass is 10.5. The fourth-order valence-corrected chi connectivity index (χ4v) is 0.854. The molecule has 0 spiro atoms. The lowest BCUT2D eigenvalue weighted by Crippen LogP contribution is -2.10. The number of aromatic nitrogens is 1. The molecular formula is C9H13NO6. The number of methoxy groups -OCH3 is 1. The molecule has 1 rings (SSSR count). The predicted molar refractivity (Wildman–Crippen MR) is 51.7 cm³/mol. The molecule has 1 aromatic rings. The lowest BCUT2D eigenvalue weighted by molar-refractivity contribution is 0.0489. The molecule has 0 radical (unpaired) electrons. The third kappa shape index (κ3) is 4.28. The first-order valence-corrected chi connectivity index (χ1v) is 4.62. The molecule has 0 saturated heterocycles. The van der Waals surface area contributed by atoms with E-state index in [0.29, 0.717) is 19.8 Å². The number of oxazole rings is 1. The van der Waals surface area contributed by atoms with E-state index in [-0.39, 0.29) is 18.4 Å². The molecule has 0 fully saturated rings. The smallest absolute Gasteiger partial charge is 0.394 e. The van der Waals surface area contributed by atoms with E-state index in [9.17, 15) is 4.79 Å². The van der Waals surface area contributed by atoms with Crippen LogP contribution in [0.25, 0.3) is 0 Å². The normalized spacial score (nSPS) is 10.3. The quantitative estimate of drug-likeness (QED) is 0.648. The average molecular weight is 231 g/mol. The highest BCUT2D eigenvalue weighted by atomic mass is 16.6. The van der Waals surface area contributed by atoms with E-state index in [4.69, 9.17) is 23.7 Å². The third-order valence-electron chi connectivity index (χ3n) is 1.59. The maximum atomic E-state index is 10.4. The van der Waals surface area contributed by atoms with Crippen molar-refractivity contribution in [3.63, 3.8) is 0 Å². The van der Waals surface area contributed by atoms with Gasteiger partial charge in [0.25, 0.3) is 0 Å². The van der Waals surface area contributed by atoms with E-state index >= 15 is 0 Å². The third-order valence-corrected chi connectivity index (χ3v) is 1.59. The van der Waals surface area contributed by atoms with E-state index < -0.39 is 5.97 Å². The molecule has 0 bridgehead atoms. The number of nitrogens with zero attached hydrogens (tertiary/aromatic N) is 1. The summed E-state index contributed by atoms with van der Waals surface area (Å²) >= 11 is 0. The Kier molecular flexibility index (Phi) is 5.30. The van der Waals surface area contributed by atoms with Crippen molar-refractivity contribution in [3.8, 4) is 6.08 Å². The van der Waals surface area contributed by atoms with Crippen LogP contribution in [0.5, 0.6) is 6.08 Å². The van der Waals surface area contributed by atoms with Crippen LogP contribution in [0.1, 0.15) is 10.5 Å². The molecule has 16 heavy (non-hydrogen) atoms. The molecule has 0 aliphatic heterocycles. The van der Waals surface area contributed by atoms with Gasteiger partial charge >= 0.3 is 12.0 Å². The van der Waals surface area contributed by atoms with E-state index in [1.807, 2.05) is 0 Å². The Morgan fingerprint density at radius 1 is 1.44 bits per heavy atom. The summed E-state index contributed by atoms with van der Waals surface area (Å²) in [6, 6.07) is 0. The van der Waals surface area contributed by atoms with Crippen molar-refractivity contribution in [1.82, 2.24) is 4.98 Å². The van der Waals surface area contributed by atoms with Gasteiger partial charge in [-0.15, -0.1) is 0 Å². The number of hydrogen-bond acceptors (Lipinski definition) is 6. The van der Waals surface area contributed by atoms with Crippen LogP contribution < -0.4 is 4.74 Å². The zero-order valence-corrected chi connectivity index (χ0v) is 8.84. The summed E-state index contributed by atoms with van der Waals surface area (Å²) in [6.07, 6.45) is 0.941. The summed E-state index contributed by atoms with van der Waals surface area (Å²) in [5.41, 5.74) is -0.185. The highest BCUT2D eigenvalue weighted by Gasteiger charge is 2.10. The van der Waals surface area contributed by atoms with Crippen molar-refractivity contribution in [1.29, 1.82) is 0 Å². The fraction of sp³-hybridized carbons (Fsp3) is 0.556. The summed E-state index contributed by atoms with van der Waals surface area (Å²) in [7, 11) is 1.58. The summed E-state index contributed by atoms with van der Waals surface area (Å²) in [4.78, 5) is 14.0. The second kappa shape index (κ2) is 6.81. The molecule has 0 aromatic carbocycles. The Morgan fingerprint density at radius 2 is 2.19 bits per heavy atom. The van der Waals surface area contributed by atoms with Crippen LogP contribution in [0.2, 0.25) is 0 Å². The molecule has 0 aliphatic carbocycles. The molecule has 7 heteroatoms. The molecular weight excluding hydrogens is 218 g/mol. The summed E-state index contributed by atoms with van der Waals surface area (Å²) in [5.74, 6) is -1.16. The number of carboxylic acid groups (broad SMARTS) is 1. The second-order valence-corrected chi connectivity index (χ2v) is 2.76. The molecule has 0 atom stereocenters. The van der Waals surface area contributed by atoms with Crippen LogP contribution in [0.4, 0.5) is 0 Å². The van der Waals surface area contributed by atoms with Crippen molar-refractivity contribution in [2.75, 3.05) is 33.5 Å².